The lowest BCUT2D eigenvalue weighted by Gasteiger charge is -2.20. The molecular formula is C11H13N7S. The van der Waals surface area contributed by atoms with Crippen molar-refractivity contribution in [3.8, 4) is 0 Å². The van der Waals surface area contributed by atoms with Crippen molar-refractivity contribution in [2.45, 2.75) is 12.1 Å². The van der Waals surface area contributed by atoms with E-state index in [9.17, 15) is 0 Å². The number of anilines is 2. The molecule has 0 aliphatic heterocycles. The Morgan fingerprint density at radius 1 is 1.42 bits per heavy atom. The molecule has 98 valence electrons. The van der Waals surface area contributed by atoms with Gasteiger partial charge in [0, 0.05) is 12.6 Å². The largest absolute Gasteiger partial charge is 0.331 e. The molecule has 0 unspecified atom stereocenters. The maximum atomic E-state index is 4.55. The second-order valence-electron chi connectivity index (χ2n) is 3.79. The molecule has 0 saturated carbocycles. The third-order valence-corrected chi connectivity index (χ3v) is 3.28. The Hall–Kier alpha value is -2.09. The lowest BCUT2D eigenvalue weighted by Crippen LogP contribution is -2.22. The molecule has 7 nitrogen and oxygen atoms in total. The zero-order valence-electron chi connectivity index (χ0n) is 10.6. The molecule has 0 amide bonds. The summed E-state index contributed by atoms with van der Waals surface area (Å²) in [5.74, 6) is 1.61. The first-order chi connectivity index (χ1) is 9.33. The van der Waals surface area contributed by atoms with Gasteiger partial charge in [-0.25, -0.2) is 9.97 Å². The third-order valence-electron chi connectivity index (χ3n) is 2.73. The summed E-state index contributed by atoms with van der Waals surface area (Å²) in [6.07, 6.45) is 7.09. The fraction of sp³-hybridized carbons (Fsp3) is 0.273. The van der Waals surface area contributed by atoms with Gasteiger partial charge in [0.1, 0.15) is 5.82 Å². The Morgan fingerprint density at radius 3 is 3.00 bits per heavy atom. The minimum atomic E-state index is 0.723. The lowest BCUT2D eigenvalue weighted by atomic mass is 10.5. The van der Waals surface area contributed by atoms with Crippen LogP contribution < -0.4 is 4.90 Å². The minimum Gasteiger partial charge on any atom is -0.331 e. The van der Waals surface area contributed by atoms with Gasteiger partial charge < -0.3 is 4.98 Å². The maximum absolute atomic E-state index is 4.55. The number of imidazole rings is 1. The molecule has 0 saturated heterocycles. The number of nitrogens with one attached hydrogen (secondary N) is 1. The smallest absolute Gasteiger partial charge is 0.236 e. The number of hydrogen-bond donors (Lipinski definition) is 1. The van der Waals surface area contributed by atoms with Crippen LogP contribution in [0.25, 0.3) is 5.65 Å². The average Bonchev–Trinajstić information content (AvgIpc) is 3.09. The van der Waals surface area contributed by atoms with Crippen LogP contribution in [0.5, 0.6) is 0 Å². The number of rotatable bonds is 4. The fourth-order valence-electron chi connectivity index (χ4n) is 1.87. The number of H-pyrrole nitrogens is 1. The first kappa shape index (κ1) is 12.0. The van der Waals surface area contributed by atoms with Crippen molar-refractivity contribution >= 4 is 29.2 Å². The standard InChI is InChI=1S/C11H13N7S/c1-3-17(9-6-12-7-13-9)11-16-10(19-2)15-8-4-5-14-18(8)11/h4-7H,3H2,1-2H3,(H,12,13). The molecule has 0 bridgehead atoms. The van der Waals surface area contributed by atoms with E-state index in [1.165, 1.54) is 11.8 Å². The van der Waals surface area contributed by atoms with Gasteiger partial charge in [0.05, 0.1) is 18.7 Å². The van der Waals surface area contributed by atoms with E-state index in [-0.39, 0.29) is 0 Å². The molecule has 0 spiro atoms. The quantitative estimate of drug-likeness (QED) is 0.731. The highest BCUT2D eigenvalue weighted by Gasteiger charge is 2.16. The van der Waals surface area contributed by atoms with Gasteiger partial charge in [0.2, 0.25) is 5.95 Å². The summed E-state index contributed by atoms with van der Waals surface area (Å²) in [5.41, 5.74) is 0.785. The molecule has 3 heterocycles. The van der Waals surface area contributed by atoms with Gasteiger partial charge in [-0.1, -0.05) is 11.8 Å². The topological polar surface area (TPSA) is 75.0 Å². The average molecular weight is 275 g/mol. The Morgan fingerprint density at radius 2 is 2.32 bits per heavy atom. The lowest BCUT2D eigenvalue weighted by molar-refractivity contribution is 0.791. The monoisotopic (exact) mass is 275 g/mol. The Balaban J connectivity index is 2.19. The molecule has 0 aliphatic rings. The summed E-state index contributed by atoms with van der Waals surface area (Å²) in [4.78, 5) is 18.1. The molecule has 0 aliphatic carbocycles. The van der Waals surface area contributed by atoms with Crippen molar-refractivity contribution in [1.29, 1.82) is 0 Å². The second-order valence-corrected chi connectivity index (χ2v) is 4.57. The summed E-state index contributed by atoms with van der Waals surface area (Å²) in [7, 11) is 0. The number of aromatic nitrogens is 6. The molecule has 19 heavy (non-hydrogen) atoms. The van der Waals surface area contributed by atoms with Gasteiger partial charge >= 0.3 is 0 Å². The normalized spacial score (nSPS) is 11.1. The molecule has 0 fully saturated rings. The molecule has 8 heteroatoms. The molecule has 3 aromatic heterocycles. The maximum Gasteiger partial charge on any atom is 0.236 e. The van der Waals surface area contributed by atoms with Crippen molar-refractivity contribution in [1.82, 2.24) is 29.5 Å². The van der Waals surface area contributed by atoms with Crippen molar-refractivity contribution in [3.05, 3.63) is 24.8 Å². The van der Waals surface area contributed by atoms with Crippen molar-refractivity contribution in [3.63, 3.8) is 0 Å². The SMILES string of the molecule is CCN(c1cnc[nH]1)c1nc(SC)nc2ccnn12. The molecule has 0 atom stereocenters. The van der Waals surface area contributed by atoms with Gasteiger partial charge in [-0.05, 0) is 13.2 Å². The van der Waals surface area contributed by atoms with E-state index in [4.69, 9.17) is 0 Å². The van der Waals surface area contributed by atoms with Crippen LogP contribution in [0.3, 0.4) is 0 Å². The highest BCUT2D eigenvalue weighted by Crippen LogP contribution is 2.23. The summed E-state index contributed by atoms with van der Waals surface area (Å²) in [6.45, 7) is 2.80. The van der Waals surface area contributed by atoms with Crippen LogP contribution in [0.4, 0.5) is 11.8 Å². The predicted molar refractivity (Wildman–Crippen MR) is 73.8 cm³/mol. The van der Waals surface area contributed by atoms with Crippen LogP contribution in [0.1, 0.15) is 6.92 Å². The van der Waals surface area contributed by atoms with Crippen molar-refractivity contribution in [2.24, 2.45) is 0 Å². The molecule has 1 N–H and O–H groups in total. The van der Waals surface area contributed by atoms with Gasteiger partial charge in [-0.3, -0.25) is 4.90 Å². The number of aromatic amines is 1. The molecule has 3 aromatic rings. The molecular weight excluding hydrogens is 262 g/mol. The molecule has 0 aromatic carbocycles. The van der Waals surface area contributed by atoms with Crippen LogP contribution in [-0.4, -0.2) is 42.4 Å². The summed E-state index contributed by atoms with van der Waals surface area (Å²) in [5, 5.41) is 5.00. The Kier molecular flexibility index (Phi) is 3.08. The number of hydrogen-bond acceptors (Lipinski definition) is 6. The van der Waals surface area contributed by atoms with Crippen LogP contribution in [0, 0.1) is 0 Å². The van der Waals surface area contributed by atoms with E-state index < -0.39 is 0 Å². The first-order valence-electron chi connectivity index (χ1n) is 5.85. The van der Waals surface area contributed by atoms with E-state index in [0.29, 0.717) is 0 Å². The molecule has 0 radical (unpaired) electrons. The van der Waals surface area contributed by atoms with E-state index >= 15 is 0 Å². The van der Waals surface area contributed by atoms with Gasteiger partial charge in [0.25, 0.3) is 0 Å². The van der Waals surface area contributed by atoms with E-state index in [0.717, 1.165) is 29.1 Å². The zero-order valence-corrected chi connectivity index (χ0v) is 11.4. The predicted octanol–water partition coefficient (Wildman–Crippen LogP) is 1.73. The zero-order chi connectivity index (χ0) is 13.2. The first-order valence-corrected chi connectivity index (χ1v) is 7.07. The van der Waals surface area contributed by atoms with Gasteiger partial charge in [0.15, 0.2) is 10.8 Å². The van der Waals surface area contributed by atoms with Gasteiger partial charge in [-0.15, -0.1) is 0 Å². The summed E-state index contributed by atoms with van der Waals surface area (Å²) >= 11 is 1.51. The minimum absolute atomic E-state index is 0.723. The Labute approximate surface area is 114 Å². The number of nitrogens with zero attached hydrogens (tertiary/aromatic N) is 6. The van der Waals surface area contributed by atoms with E-state index in [1.54, 1.807) is 23.2 Å². The summed E-state index contributed by atoms with van der Waals surface area (Å²) in [6, 6.07) is 1.87. The van der Waals surface area contributed by atoms with E-state index in [2.05, 4.69) is 32.0 Å². The highest BCUT2D eigenvalue weighted by molar-refractivity contribution is 7.98. The number of fused-ring (bicyclic) bond motifs is 1. The molecule has 3 rings (SSSR count). The van der Waals surface area contributed by atoms with Crippen LogP contribution in [0.2, 0.25) is 0 Å². The number of thioether (sulfide) groups is 1. The Bertz CT molecular complexity index is 675. The fourth-order valence-corrected chi connectivity index (χ4v) is 2.23. The van der Waals surface area contributed by atoms with Crippen LogP contribution >= 0.6 is 11.8 Å². The van der Waals surface area contributed by atoms with Crippen molar-refractivity contribution in [2.75, 3.05) is 17.7 Å². The summed E-state index contributed by atoms with van der Waals surface area (Å²) < 4.78 is 1.73. The third kappa shape index (κ3) is 2.03. The van der Waals surface area contributed by atoms with Gasteiger partial charge in [-0.2, -0.15) is 14.6 Å². The van der Waals surface area contributed by atoms with Crippen LogP contribution in [-0.2, 0) is 0 Å². The van der Waals surface area contributed by atoms with Crippen LogP contribution in [0.15, 0.2) is 29.9 Å². The van der Waals surface area contributed by atoms with E-state index in [1.807, 2.05) is 17.2 Å². The second kappa shape index (κ2) is 4.88. The van der Waals surface area contributed by atoms with Crippen molar-refractivity contribution < 1.29 is 0 Å². The highest BCUT2D eigenvalue weighted by atomic mass is 32.2.